The average Bonchev–Trinajstić information content (AvgIpc) is 3.08. The van der Waals surface area contributed by atoms with Gasteiger partial charge >= 0.3 is 12.4 Å². The largest absolute Gasteiger partial charge is 0.416 e. The van der Waals surface area contributed by atoms with Crippen LogP contribution in [0.25, 0.3) is 5.65 Å². The fraction of sp³-hybridized carbons (Fsp3) is 0.286. The smallest absolute Gasteiger partial charge is 0.382 e. The number of carbonyl (C=O) groups excluding carboxylic acids is 1. The van der Waals surface area contributed by atoms with Crippen molar-refractivity contribution in [3.8, 4) is 0 Å². The number of nitrogens with zero attached hydrogens (tertiary/aromatic N) is 4. The van der Waals surface area contributed by atoms with Crippen molar-refractivity contribution in [2.24, 2.45) is 0 Å². The summed E-state index contributed by atoms with van der Waals surface area (Å²) in [4.78, 5) is 21.0. The molecular weight excluding hydrogens is 550 g/mol. The van der Waals surface area contributed by atoms with Crippen LogP contribution in [0, 0.1) is 0 Å². The van der Waals surface area contributed by atoms with Crippen LogP contribution in [0.1, 0.15) is 33.6 Å². The predicted octanol–water partition coefficient (Wildman–Crippen LogP) is 5.60. The first kappa shape index (κ1) is 28.1. The lowest BCUT2D eigenvalue weighted by atomic mass is 10.2. The molecule has 0 unspecified atom stereocenters. The molecule has 3 N–H and O–H groups in total. The molecule has 0 spiro atoms. The van der Waals surface area contributed by atoms with Crippen molar-refractivity contribution in [3.63, 3.8) is 0 Å². The standard InChI is InChI=1S/C28H26F6N6O/c29-27(30,31)19-4-8-22(9-5-19)39-12-1-11-38(14-15-39)21-6-2-18(3-7-21)17-36-26(41)24-25(35)37-23-16-20(28(32,33)34)10-13-40(23)24/h2-10,13,16H,1,11-12,14-15,17,35H2,(H,36,41). The molecule has 7 nitrogen and oxygen atoms in total. The number of benzene rings is 2. The summed E-state index contributed by atoms with van der Waals surface area (Å²) in [6.45, 7) is 2.98. The predicted molar refractivity (Wildman–Crippen MR) is 143 cm³/mol. The lowest BCUT2D eigenvalue weighted by Gasteiger charge is -2.25. The molecule has 5 rings (SSSR count). The minimum atomic E-state index is -4.55. The second-order valence-corrected chi connectivity index (χ2v) is 9.71. The first-order chi connectivity index (χ1) is 19.4. The Balaban J connectivity index is 1.19. The molecule has 2 aromatic carbocycles. The SMILES string of the molecule is Nc1nc2cc(C(F)(F)F)ccn2c1C(=O)NCc1ccc(N2CCCN(c3ccc(C(F)(F)F)cc3)CC2)cc1. The van der Waals surface area contributed by atoms with E-state index < -0.39 is 29.4 Å². The van der Waals surface area contributed by atoms with Gasteiger partial charge < -0.3 is 20.9 Å². The zero-order valence-corrected chi connectivity index (χ0v) is 21.6. The van der Waals surface area contributed by atoms with E-state index >= 15 is 0 Å². The summed E-state index contributed by atoms with van der Waals surface area (Å²) in [7, 11) is 0. The summed E-state index contributed by atoms with van der Waals surface area (Å²) < 4.78 is 78.9. The minimum absolute atomic E-state index is 0.0486. The lowest BCUT2D eigenvalue weighted by molar-refractivity contribution is -0.138. The summed E-state index contributed by atoms with van der Waals surface area (Å²) in [6, 6.07) is 14.5. The summed E-state index contributed by atoms with van der Waals surface area (Å²) in [6.07, 6.45) is -6.97. The Hall–Kier alpha value is -4.42. The maximum Gasteiger partial charge on any atom is 0.416 e. The van der Waals surface area contributed by atoms with E-state index in [1.165, 1.54) is 16.5 Å². The van der Waals surface area contributed by atoms with Gasteiger partial charge in [-0.2, -0.15) is 26.3 Å². The van der Waals surface area contributed by atoms with Gasteiger partial charge in [0.05, 0.1) is 11.1 Å². The number of rotatable bonds is 5. The number of hydrogen-bond donors (Lipinski definition) is 2. The molecule has 2 aromatic heterocycles. The van der Waals surface area contributed by atoms with Gasteiger partial charge in [-0.3, -0.25) is 9.20 Å². The normalized spacial score (nSPS) is 14.8. The van der Waals surface area contributed by atoms with E-state index in [-0.39, 0.29) is 23.7 Å². The highest BCUT2D eigenvalue weighted by Crippen LogP contribution is 2.32. The molecule has 0 bridgehead atoms. The third-order valence-electron chi connectivity index (χ3n) is 7.01. The number of anilines is 3. The van der Waals surface area contributed by atoms with Crippen molar-refractivity contribution >= 4 is 28.7 Å². The fourth-order valence-corrected chi connectivity index (χ4v) is 4.85. The van der Waals surface area contributed by atoms with Gasteiger partial charge in [-0.1, -0.05) is 12.1 Å². The highest BCUT2D eigenvalue weighted by Gasteiger charge is 2.32. The monoisotopic (exact) mass is 576 g/mol. The Morgan fingerprint density at radius 3 is 1.93 bits per heavy atom. The van der Waals surface area contributed by atoms with Crippen LogP contribution >= 0.6 is 0 Å². The van der Waals surface area contributed by atoms with Crippen molar-refractivity contribution < 1.29 is 31.1 Å². The Kier molecular flexibility index (Phi) is 7.45. The van der Waals surface area contributed by atoms with Crippen LogP contribution in [0.3, 0.4) is 0 Å². The van der Waals surface area contributed by atoms with E-state index in [1.54, 1.807) is 0 Å². The van der Waals surface area contributed by atoms with Crippen LogP contribution in [-0.2, 0) is 18.9 Å². The van der Waals surface area contributed by atoms with Crippen LogP contribution in [0.15, 0.2) is 66.9 Å². The third kappa shape index (κ3) is 6.18. The van der Waals surface area contributed by atoms with Crippen LogP contribution in [-0.4, -0.2) is 41.5 Å². The lowest BCUT2D eigenvalue weighted by Crippen LogP contribution is -2.30. The molecule has 1 aliphatic heterocycles. The number of carbonyl (C=O) groups is 1. The first-order valence-corrected chi connectivity index (χ1v) is 12.8. The topological polar surface area (TPSA) is 78.9 Å². The molecule has 1 amide bonds. The van der Waals surface area contributed by atoms with Gasteiger partial charge in [0, 0.05) is 50.3 Å². The zero-order chi connectivity index (χ0) is 29.4. The Bertz CT molecular complexity index is 1530. The average molecular weight is 577 g/mol. The fourth-order valence-electron chi connectivity index (χ4n) is 4.85. The van der Waals surface area contributed by atoms with Crippen LogP contribution in [0.5, 0.6) is 0 Å². The molecule has 0 saturated carbocycles. The minimum Gasteiger partial charge on any atom is -0.382 e. The highest BCUT2D eigenvalue weighted by molar-refractivity contribution is 5.98. The maximum atomic E-state index is 13.0. The number of fused-ring (bicyclic) bond motifs is 1. The summed E-state index contributed by atoms with van der Waals surface area (Å²) in [5.41, 5.74) is 6.67. The van der Waals surface area contributed by atoms with Crippen molar-refractivity contribution in [1.82, 2.24) is 14.7 Å². The number of hydrogen-bond acceptors (Lipinski definition) is 5. The molecule has 3 heterocycles. The van der Waals surface area contributed by atoms with Gasteiger partial charge in [0.2, 0.25) is 0 Å². The maximum absolute atomic E-state index is 13.0. The summed E-state index contributed by atoms with van der Waals surface area (Å²) >= 11 is 0. The molecule has 1 aliphatic rings. The Morgan fingerprint density at radius 1 is 0.805 bits per heavy atom. The molecular formula is C28H26F6N6O. The van der Waals surface area contributed by atoms with Crippen molar-refractivity contribution in [2.45, 2.75) is 25.3 Å². The molecule has 13 heteroatoms. The number of nitrogen functional groups attached to an aromatic ring is 1. The van der Waals surface area contributed by atoms with E-state index in [9.17, 15) is 31.1 Å². The molecule has 0 aliphatic carbocycles. The molecule has 1 saturated heterocycles. The van der Waals surface area contributed by atoms with Gasteiger partial charge in [0.15, 0.2) is 11.5 Å². The number of pyridine rings is 1. The van der Waals surface area contributed by atoms with E-state index in [2.05, 4.69) is 20.1 Å². The Morgan fingerprint density at radius 2 is 1.37 bits per heavy atom. The third-order valence-corrected chi connectivity index (χ3v) is 7.01. The second kappa shape index (κ2) is 10.9. The second-order valence-electron chi connectivity index (χ2n) is 9.71. The zero-order valence-electron chi connectivity index (χ0n) is 21.6. The van der Waals surface area contributed by atoms with Gasteiger partial charge in [0.25, 0.3) is 5.91 Å². The summed E-state index contributed by atoms with van der Waals surface area (Å²) in [5.74, 6) is -0.751. The van der Waals surface area contributed by atoms with Gasteiger partial charge in [-0.15, -0.1) is 0 Å². The Labute approximate surface area is 231 Å². The van der Waals surface area contributed by atoms with E-state index in [0.29, 0.717) is 13.1 Å². The number of nitrogens with one attached hydrogen (secondary N) is 1. The van der Waals surface area contributed by atoms with Crippen molar-refractivity contribution in [1.29, 1.82) is 0 Å². The van der Waals surface area contributed by atoms with Gasteiger partial charge in [-0.05, 0) is 60.5 Å². The highest BCUT2D eigenvalue weighted by atomic mass is 19.4. The molecule has 0 atom stereocenters. The number of alkyl halides is 6. The van der Waals surface area contributed by atoms with E-state index in [1.807, 2.05) is 24.3 Å². The van der Waals surface area contributed by atoms with Crippen LogP contribution in [0.2, 0.25) is 0 Å². The van der Waals surface area contributed by atoms with E-state index in [4.69, 9.17) is 5.73 Å². The number of aromatic nitrogens is 2. The summed E-state index contributed by atoms with van der Waals surface area (Å²) in [5, 5.41) is 2.73. The molecule has 216 valence electrons. The van der Waals surface area contributed by atoms with Gasteiger partial charge in [-0.25, -0.2) is 4.98 Å². The van der Waals surface area contributed by atoms with E-state index in [0.717, 1.165) is 66.9 Å². The molecule has 41 heavy (non-hydrogen) atoms. The molecule has 0 radical (unpaired) electrons. The number of halogens is 6. The molecule has 1 fully saturated rings. The quantitative estimate of drug-likeness (QED) is 0.303. The molecule has 4 aromatic rings. The van der Waals surface area contributed by atoms with Crippen LogP contribution in [0.4, 0.5) is 43.5 Å². The van der Waals surface area contributed by atoms with Crippen molar-refractivity contribution in [2.75, 3.05) is 41.7 Å². The first-order valence-electron chi connectivity index (χ1n) is 12.8. The number of imidazole rings is 1. The van der Waals surface area contributed by atoms with Crippen LogP contribution < -0.4 is 20.9 Å². The van der Waals surface area contributed by atoms with Gasteiger partial charge in [0.1, 0.15) is 5.65 Å². The van der Waals surface area contributed by atoms with Crippen molar-refractivity contribution in [3.05, 3.63) is 89.2 Å². The number of amides is 1. The number of nitrogens with two attached hydrogens (primary N) is 1.